The highest BCUT2D eigenvalue weighted by molar-refractivity contribution is 7.92. The number of aliphatic hydroxyl groups is 1. The van der Waals surface area contributed by atoms with Gasteiger partial charge in [-0.05, 0) is 88.5 Å². The first kappa shape index (κ1) is 38.0. The van der Waals surface area contributed by atoms with Crippen molar-refractivity contribution in [2.24, 2.45) is 5.92 Å². The maximum Gasteiger partial charge on any atom is 0.251 e. The number of amides is 2. The number of likely N-dealkylation sites (N-methyl/N-ethyl adjacent to an activating group) is 1. The van der Waals surface area contributed by atoms with Crippen LogP contribution in [0, 0.1) is 5.92 Å². The van der Waals surface area contributed by atoms with Gasteiger partial charge in [0.2, 0.25) is 10.0 Å². The van der Waals surface area contributed by atoms with Crippen LogP contribution in [-0.4, -0.2) is 92.3 Å². The third-order valence-electron chi connectivity index (χ3n) is 9.12. The van der Waals surface area contributed by atoms with E-state index in [4.69, 9.17) is 0 Å². The van der Waals surface area contributed by atoms with Crippen LogP contribution in [0.5, 0.6) is 0 Å². The second-order valence-electron chi connectivity index (χ2n) is 13.6. The van der Waals surface area contributed by atoms with Gasteiger partial charge in [-0.15, -0.1) is 0 Å². The summed E-state index contributed by atoms with van der Waals surface area (Å²) in [7, 11) is -1.67. The zero-order chi connectivity index (χ0) is 35.6. The highest BCUT2D eigenvalue weighted by Crippen LogP contribution is 2.21. The molecule has 0 aliphatic carbocycles. The van der Waals surface area contributed by atoms with Gasteiger partial charge in [-0.3, -0.25) is 14.3 Å². The molecule has 1 aliphatic rings. The molecule has 266 valence electrons. The van der Waals surface area contributed by atoms with Gasteiger partial charge in [0.1, 0.15) is 0 Å². The van der Waals surface area contributed by atoms with Crippen molar-refractivity contribution >= 4 is 27.5 Å². The Morgan fingerprint density at radius 1 is 0.898 bits per heavy atom. The summed E-state index contributed by atoms with van der Waals surface area (Å²) in [6.07, 6.45) is 1.53. The van der Waals surface area contributed by atoms with Gasteiger partial charge in [0.25, 0.3) is 11.8 Å². The third-order valence-corrected chi connectivity index (χ3v) is 10.4. The minimum absolute atomic E-state index is 0.102. The van der Waals surface area contributed by atoms with E-state index >= 15 is 0 Å². The van der Waals surface area contributed by atoms with E-state index in [0.29, 0.717) is 24.9 Å². The van der Waals surface area contributed by atoms with E-state index < -0.39 is 34.0 Å². The molecule has 0 bridgehead atoms. The Bertz CT molecular complexity index is 1610. The van der Waals surface area contributed by atoms with Crippen molar-refractivity contribution in [2.45, 2.75) is 71.2 Å². The van der Waals surface area contributed by atoms with Crippen molar-refractivity contribution in [2.75, 3.05) is 43.7 Å². The molecular weight excluding hydrogens is 639 g/mol. The predicted molar refractivity (Wildman–Crippen MR) is 196 cm³/mol. The SMILES string of the molecule is CCS(=O)(=O)Nc1cc(C(=O)N[C@@H](Cc2ccccc2)[C@H](O)CN(C)C2CCN(CC(C)C)CC2)cc(C(=O)N[C@H](C)c2ccccc2)c1. The van der Waals surface area contributed by atoms with Crippen LogP contribution in [0.25, 0.3) is 0 Å². The number of sulfonamides is 1. The molecule has 3 atom stereocenters. The second kappa shape index (κ2) is 17.8. The summed E-state index contributed by atoms with van der Waals surface area (Å²) in [4.78, 5) is 32.0. The number of nitrogens with zero attached hydrogens (tertiary/aromatic N) is 2. The molecule has 3 aromatic rings. The Labute approximate surface area is 292 Å². The van der Waals surface area contributed by atoms with E-state index in [1.165, 1.54) is 25.1 Å². The molecule has 4 N–H and O–H groups in total. The van der Waals surface area contributed by atoms with Crippen LogP contribution >= 0.6 is 0 Å². The summed E-state index contributed by atoms with van der Waals surface area (Å²) in [5.74, 6) is -0.530. The molecule has 0 aromatic heterocycles. The monoisotopic (exact) mass is 691 g/mol. The Hall–Kier alpha value is -3.77. The molecule has 0 spiro atoms. The number of hydrogen-bond donors (Lipinski definition) is 4. The molecule has 1 aliphatic heterocycles. The molecule has 1 saturated heterocycles. The third kappa shape index (κ3) is 11.7. The van der Waals surface area contributed by atoms with Crippen molar-refractivity contribution in [1.29, 1.82) is 0 Å². The highest BCUT2D eigenvalue weighted by atomic mass is 32.2. The minimum atomic E-state index is -3.70. The first-order chi connectivity index (χ1) is 23.3. The largest absolute Gasteiger partial charge is 0.390 e. The zero-order valence-electron chi connectivity index (χ0n) is 29.4. The lowest BCUT2D eigenvalue weighted by Crippen LogP contribution is -2.52. The number of anilines is 1. The molecule has 4 rings (SSSR count). The van der Waals surface area contributed by atoms with Gasteiger partial charge in [0.15, 0.2) is 0 Å². The average Bonchev–Trinajstić information content (AvgIpc) is 3.08. The maximum absolute atomic E-state index is 13.9. The molecule has 0 saturated carbocycles. The molecule has 0 unspecified atom stereocenters. The number of aliphatic hydroxyl groups excluding tert-OH is 1. The van der Waals surface area contributed by atoms with Crippen LogP contribution in [0.1, 0.15) is 78.4 Å². The number of likely N-dealkylation sites (tertiary alicyclic amines) is 1. The van der Waals surface area contributed by atoms with E-state index in [0.717, 1.165) is 43.6 Å². The summed E-state index contributed by atoms with van der Waals surface area (Å²) in [5, 5.41) is 17.6. The number of rotatable bonds is 16. The number of piperidine rings is 1. The number of benzene rings is 3. The van der Waals surface area contributed by atoms with Crippen molar-refractivity contribution in [3.63, 3.8) is 0 Å². The van der Waals surface area contributed by atoms with Crippen LogP contribution in [0.3, 0.4) is 0 Å². The fraction of sp³-hybridized carbons (Fsp3) is 0.474. The van der Waals surface area contributed by atoms with Gasteiger partial charge < -0.3 is 25.5 Å². The predicted octanol–water partition coefficient (Wildman–Crippen LogP) is 4.69. The molecule has 11 heteroatoms. The summed E-state index contributed by atoms with van der Waals surface area (Å²) in [6, 6.07) is 22.8. The molecule has 49 heavy (non-hydrogen) atoms. The van der Waals surface area contributed by atoms with E-state index in [9.17, 15) is 23.1 Å². The van der Waals surface area contributed by atoms with Crippen molar-refractivity contribution in [3.8, 4) is 0 Å². The van der Waals surface area contributed by atoms with Crippen molar-refractivity contribution < 1.29 is 23.1 Å². The Morgan fingerprint density at radius 3 is 2.04 bits per heavy atom. The highest BCUT2D eigenvalue weighted by Gasteiger charge is 2.29. The van der Waals surface area contributed by atoms with E-state index in [1.807, 2.05) is 74.6 Å². The van der Waals surface area contributed by atoms with Gasteiger partial charge in [-0.25, -0.2) is 8.42 Å². The van der Waals surface area contributed by atoms with Crippen LogP contribution in [0.4, 0.5) is 5.69 Å². The van der Waals surface area contributed by atoms with Gasteiger partial charge in [0.05, 0.1) is 29.6 Å². The normalized spacial score (nSPS) is 16.2. The van der Waals surface area contributed by atoms with Crippen LogP contribution in [0.15, 0.2) is 78.9 Å². The van der Waals surface area contributed by atoms with Crippen LogP contribution in [-0.2, 0) is 16.4 Å². The molecule has 2 amide bonds. The second-order valence-corrected chi connectivity index (χ2v) is 15.6. The number of carbonyl (C=O) groups is 2. The standard InChI is InChI=1S/C38H53N5O5S/c1-6-49(47,48)41-33-23-31(37(45)39-28(4)30-15-11-8-12-16-30)22-32(24-33)38(46)40-35(21-29-13-9-7-10-14-29)36(44)26-42(5)34-17-19-43(20-18-34)25-27(2)3/h7-16,22-24,27-28,34-36,41,44H,6,17-21,25-26H2,1-5H3,(H,39,45)(H,40,46)/t28-,35+,36-/m1/s1. The van der Waals surface area contributed by atoms with Crippen LogP contribution < -0.4 is 15.4 Å². The van der Waals surface area contributed by atoms with Crippen molar-refractivity contribution in [1.82, 2.24) is 20.4 Å². The van der Waals surface area contributed by atoms with Crippen molar-refractivity contribution in [3.05, 3.63) is 101 Å². The van der Waals surface area contributed by atoms with Gasteiger partial charge in [-0.1, -0.05) is 74.5 Å². The number of carbonyl (C=O) groups excluding carboxylic acids is 2. The lowest BCUT2D eigenvalue weighted by Gasteiger charge is -2.39. The molecule has 3 aromatic carbocycles. The Kier molecular flexibility index (Phi) is 13.8. The van der Waals surface area contributed by atoms with Gasteiger partial charge >= 0.3 is 0 Å². The molecular formula is C38H53N5O5S. The fourth-order valence-electron chi connectivity index (χ4n) is 6.34. The van der Waals surface area contributed by atoms with E-state index in [-0.39, 0.29) is 28.6 Å². The van der Waals surface area contributed by atoms with E-state index in [1.54, 1.807) is 0 Å². The quantitative estimate of drug-likeness (QED) is 0.172. The molecule has 10 nitrogen and oxygen atoms in total. The van der Waals surface area contributed by atoms with E-state index in [2.05, 4.69) is 39.0 Å². The fourth-order valence-corrected chi connectivity index (χ4v) is 6.96. The summed E-state index contributed by atoms with van der Waals surface area (Å²) in [6.45, 7) is 11.3. The number of nitrogens with one attached hydrogen (secondary N) is 3. The first-order valence-corrected chi connectivity index (χ1v) is 19.0. The molecule has 1 fully saturated rings. The summed E-state index contributed by atoms with van der Waals surface area (Å²) < 4.78 is 27.5. The maximum atomic E-state index is 13.9. The summed E-state index contributed by atoms with van der Waals surface area (Å²) in [5.41, 5.74) is 2.20. The molecule has 0 radical (unpaired) electrons. The first-order valence-electron chi connectivity index (χ1n) is 17.3. The topological polar surface area (TPSA) is 131 Å². The van der Waals surface area contributed by atoms with Gasteiger partial charge in [-0.2, -0.15) is 0 Å². The lowest BCUT2D eigenvalue weighted by molar-refractivity contribution is 0.0489. The van der Waals surface area contributed by atoms with Crippen LogP contribution in [0.2, 0.25) is 0 Å². The van der Waals surface area contributed by atoms with Gasteiger partial charge in [0, 0.05) is 30.3 Å². The smallest absolute Gasteiger partial charge is 0.251 e. The Morgan fingerprint density at radius 2 is 1.47 bits per heavy atom. The average molecular weight is 692 g/mol. The zero-order valence-corrected chi connectivity index (χ0v) is 30.2. The Balaban J connectivity index is 1.55. The minimum Gasteiger partial charge on any atom is -0.390 e. The lowest BCUT2D eigenvalue weighted by atomic mass is 9.98. The summed E-state index contributed by atoms with van der Waals surface area (Å²) >= 11 is 0. The number of hydrogen-bond acceptors (Lipinski definition) is 7. The molecule has 1 heterocycles.